The number of hydrogen-bond donors (Lipinski definition) is 1. The minimum atomic E-state index is -4.16. The number of halogens is 3. The van der Waals surface area contributed by atoms with Crippen molar-refractivity contribution in [2.75, 3.05) is 45.8 Å². The van der Waals surface area contributed by atoms with Gasteiger partial charge >= 0.3 is 6.18 Å². The zero-order valence-electron chi connectivity index (χ0n) is 11.7. The Morgan fingerprint density at radius 1 is 1.25 bits per heavy atom. The van der Waals surface area contributed by atoms with E-state index in [9.17, 15) is 18.0 Å². The van der Waals surface area contributed by atoms with Crippen LogP contribution in [0.4, 0.5) is 13.2 Å². The van der Waals surface area contributed by atoms with Gasteiger partial charge in [0.1, 0.15) is 0 Å². The zero-order valence-corrected chi connectivity index (χ0v) is 11.7. The van der Waals surface area contributed by atoms with Gasteiger partial charge in [0.25, 0.3) is 0 Å². The molecular formula is C13H22F3N3O. The summed E-state index contributed by atoms with van der Waals surface area (Å²) in [4.78, 5) is 15.5. The van der Waals surface area contributed by atoms with Crippen molar-refractivity contribution in [1.82, 2.24) is 15.1 Å². The fraction of sp³-hybridized carbons (Fsp3) is 0.923. The highest BCUT2D eigenvalue weighted by Crippen LogP contribution is 2.21. The summed E-state index contributed by atoms with van der Waals surface area (Å²) in [5.41, 5.74) is 0. The van der Waals surface area contributed by atoms with E-state index >= 15 is 0 Å². The maximum absolute atomic E-state index is 12.4. The zero-order chi connectivity index (χ0) is 14.8. The molecule has 2 aliphatic heterocycles. The molecule has 0 aliphatic carbocycles. The first-order valence-electron chi connectivity index (χ1n) is 7.15. The molecule has 20 heavy (non-hydrogen) atoms. The molecule has 2 saturated heterocycles. The van der Waals surface area contributed by atoms with Crippen LogP contribution in [0.5, 0.6) is 0 Å². The molecule has 2 fully saturated rings. The van der Waals surface area contributed by atoms with Crippen molar-refractivity contribution in [3.8, 4) is 0 Å². The van der Waals surface area contributed by atoms with Gasteiger partial charge in [0, 0.05) is 32.1 Å². The minimum Gasteiger partial charge on any atom is -0.341 e. The van der Waals surface area contributed by atoms with Crippen LogP contribution in [0.25, 0.3) is 0 Å². The van der Waals surface area contributed by atoms with Gasteiger partial charge in [0.15, 0.2) is 0 Å². The van der Waals surface area contributed by atoms with Gasteiger partial charge in [-0.25, -0.2) is 0 Å². The molecule has 0 aromatic heterocycles. The van der Waals surface area contributed by atoms with Gasteiger partial charge in [-0.1, -0.05) is 6.92 Å². The van der Waals surface area contributed by atoms with Gasteiger partial charge in [-0.15, -0.1) is 0 Å². The van der Waals surface area contributed by atoms with Crippen molar-refractivity contribution in [2.24, 2.45) is 11.8 Å². The molecular weight excluding hydrogens is 271 g/mol. The standard InChI is InChI=1S/C13H22F3N3O/c1-10(11-7-17-8-11)12(20)19-4-2-3-18(5-6-19)9-13(14,15)16/h10-11,17H,2-9H2,1H3. The summed E-state index contributed by atoms with van der Waals surface area (Å²) in [5, 5.41) is 3.14. The number of hydrogen-bond acceptors (Lipinski definition) is 3. The topological polar surface area (TPSA) is 35.6 Å². The molecule has 2 heterocycles. The fourth-order valence-corrected chi connectivity index (χ4v) is 2.76. The van der Waals surface area contributed by atoms with Crippen molar-refractivity contribution in [2.45, 2.75) is 19.5 Å². The van der Waals surface area contributed by atoms with E-state index in [0.717, 1.165) is 13.1 Å². The highest BCUT2D eigenvalue weighted by molar-refractivity contribution is 5.79. The Balaban J connectivity index is 1.84. The van der Waals surface area contributed by atoms with Gasteiger partial charge in [0.2, 0.25) is 5.91 Å². The van der Waals surface area contributed by atoms with Gasteiger partial charge < -0.3 is 10.2 Å². The summed E-state index contributed by atoms with van der Waals surface area (Å²) in [7, 11) is 0. The molecule has 1 amide bonds. The second-order valence-electron chi connectivity index (χ2n) is 5.78. The van der Waals surface area contributed by atoms with E-state index < -0.39 is 12.7 Å². The third-order valence-corrected chi connectivity index (χ3v) is 4.21. The Morgan fingerprint density at radius 2 is 1.95 bits per heavy atom. The SMILES string of the molecule is CC(C(=O)N1CCCN(CC(F)(F)F)CC1)C1CNC1. The largest absolute Gasteiger partial charge is 0.401 e. The third kappa shape index (κ3) is 4.09. The average molecular weight is 293 g/mol. The number of carbonyl (C=O) groups excluding carboxylic acids is 1. The maximum Gasteiger partial charge on any atom is 0.401 e. The third-order valence-electron chi connectivity index (χ3n) is 4.21. The van der Waals surface area contributed by atoms with Crippen LogP contribution in [0.15, 0.2) is 0 Å². The Hall–Kier alpha value is -0.820. The highest BCUT2D eigenvalue weighted by Gasteiger charge is 2.34. The normalized spacial score (nSPS) is 24.1. The van der Waals surface area contributed by atoms with Crippen LogP contribution >= 0.6 is 0 Å². The van der Waals surface area contributed by atoms with Crippen LogP contribution < -0.4 is 5.32 Å². The van der Waals surface area contributed by atoms with Crippen molar-refractivity contribution >= 4 is 5.91 Å². The van der Waals surface area contributed by atoms with Crippen molar-refractivity contribution < 1.29 is 18.0 Å². The monoisotopic (exact) mass is 293 g/mol. The van der Waals surface area contributed by atoms with Crippen LogP contribution in [0.2, 0.25) is 0 Å². The molecule has 0 aromatic rings. The first-order valence-corrected chi connectivity index (χ1v) is 7.15. The molecule has 0 bridgehead atoms. The minimum absolute atomic E-state index is 0.0367. The van der Waals surface area contributed by atoms with Crippen LogP contribution in [0.1, 0.15) is 13.3 Å². The molecule has 2 rings (SSSR count). The summed E-state index contributed by atoms with van der Waals surface area (Å²) in [6, 6.07) is 0. The molecule has 1 N–H and O–H groups in total. The Labute approximate surface area is 117 Å². The lowest BCUT2D eigenvalue weighted by atomic mass is 9.88. The van der Waals surface area contributed by atoms with E-state index in [1.54, 1.807) is 4.90 Å². The highest BCUT2D eigenvalue weighted by atomic mass is 19.4. The van der Waals surface area contributed by atoms with E-state index in [0.29, 0.717) is 38.5 Å². The molecule has 116 valence electrons. The van der Waals surface area contributed by atoms with Gasteiger partial charge in [0.05, 0.1) is 6.54 Å². The first-order chi connectivity index (χ1) is 9.37. The van der Waals surface area contributed by atoms with Crippen LogP contribution in [-0.2, 0) is 4.79 Å². The molecule has 1 atom stereocenters. The Bertz CT molecular complexity index is 344. The smallest absolute Gasteiger partial charge is 0.341 e. The summed E-state index contributed by atoms with van der Waals surface area (Å²) in [6.45, 7) is 4.45. The van der Waals surface area contributed by atoms with E-state index in [4.69, 9.17) is 0 Å². The predicted molar refractivity (Wildman–Crippen MR) is 69.2 cm³/mol. The van der Waals surface area contributed by atoms with Crippen LogP contribution in [0, 0.1) is 11.8 Å². The second kappa shape index (κ2) is 6.30. The molecule has 0 radical (unpaired) electrons. The van der Waals surface area contributed by atoms with Crippen LogP contribution in [-0.4, -0.2) is 67.7 Å². The summed E-state index contributed by atoms with van der Waals surface area (Å²) in [6.07, 6.45) is -3.55. The summed E-state index contributed by atoms with van der Waals surface area (Å²) >= 11 is 0. The van der Waals surface area contributed by atoms with Gasteiger partial charge in [-0.05, 0) is 25.4 Å². The van der Waals surface area contributed by atoms with E-state index in [2.05, 4.69) is 5.32 Å². The molecule has 0 saturated carbocycles. The number of nitrogens with zero attached hydrogens (tertiary/aromatic N) is 2. The number of nitrogens with one attached hydrogen (secondary N) is 1. The first kappa shape index (κ1) is 15.6. The quantitative estimate of drug-likeness (QED) is 0.841. The van der Waals surface area contributed by atoms with Crippen molar-refractivity contribution in [1.29, 1.82) is 0 Å². The maximum atomic E-state index is 12.4. The number of rotatable bonds is 3. The van der Waals surface area contributed by atoms with Crippen LogP contribution in [0.3, 0.4) is 0 Å². The van der Waals surface area contributed by atoms with Crippen molar-refractivity contribution in [3.63, 3.8) is 0 Å². The average Bonchev–Trinajstić information content (AvgIpc) is 2.49. The Kier molecular flexibility index (Phi) is 4.90. The lowest BCUT2D eigenvalue weighted by Gasteiger charge is -2.34. The predicted octanol–water partition coefficient (Wildman–Crippen LogP) is 0.938. The second-order valence-corrected chi connectivity index (χ2v) is 5.78. The lowest BCUT2D eigenvalue weighted by molar-refractivity contribution is -0.145. The molecule has 0 spiro atoms. The lowest BCUT2D eigenvalue weighted by Crippen LogP contribution is -2.51. The van der Waals surface area contributed by atoms with E-state index in [1.807, 2.05) is 6.92 Å². The van der Waals surface area contributed by atoms with Gasteiger partial charge in [-0.3, -0.25) is 9.69 Å². The number of amides is 1. The number of carbonyl (C=O) groups is 1. The van der Waals surface area contributed by atoms with Crippen molar-refractivity contribution in [3.05, 3.63) is 0 Å². The Morgan fingerprint density at radius 3 is 2.50 bits per heavy atom. The summed E-state index contributed by atoms with van der Waals surface area (Å²) in [5.74, 6) is 0.424. The number of alkyl halides is 3. The molecule has 1 unspecified atom stereocenters. The van der Waals surface area contributed by atoms with E-state index in [1.165, 1.54) is 4.90 Å². The molecule has 0 aromatic carbocycles. The van der Waals surface area contributed by atoms with Gasteiger partial charge in [-0.2, -0.15) is 13.2 Å². The molecule has 2 aliphatic rings. The molecule has 7 heteroatoms. The fourth-order valence-electron chi connectivity index (χ4n) is 2.76. The summed E-state index contributed by atoms with van der Waals surface area (Å²) < 4.78 is 37.2. The molecule has 4 nitrogen and oxygen atoms in total. The van der Waals surface area contributed by atoms with E-state index in [-0.39, 0.29) is 11.8 Å².